The van der Waals surface area contributed by atoms with Gasteiger partial charge in [-0.25, -0.2) is 4.98 Å². The Morgan fingerprint density at radius 2 is 1.84 bits per heavy atom. The fraction of sp³-hybridized carbons (Fsp3) is 0.200. The summed E-state index contributed by atoms with van der Waals surface area (Å²) >= 11 is 0. The van der Waals surface area contributed by atoms with E-state index in [1.165, 1.54) is 0 Å². The van der Waals surface area contributed by atoms with Crippen LogP contribution in [0.15, 0.2) is 48.7 Å². The lowest BCUT2D eigenvalue weighted by Gasteiger charge is -2.06. The highest BCUT2D eigenvalue weighted by Crippen LogP contribution is 2.10. The van der Waals surface area contributed by atoms with Crippen LogP contribution in [0.3, 0.4) is 0 Å². The summed E-state index contributed by atoms with van der Waals surface area (Å²) in [7, 11) is 0. The minimum atomic E-state index is -0.775. The molecule has 2 aromatic rings. The molecule has 1 aromatic heterocycles. The van der Waals surface area contributed by atoms with E-state index >= 15 is 0 Å². The van der Waals surface area contributed by atoms with Gasteiger partial charge >= 0.3 is 5.97 Å². The molecular formula is C15H15NO3. The number of carbonyl (C=O) groups is 1. The highest BCUT2D eigenvalue weighted by molar-refractivity contribution is 5.67. The number of aliphatic carboxylic acids is 1. The first-order chi connectivity index (χ1) is 9.24. The average Bonchev–Trinajstić information content (AvgIpc) is 2.45. The first-order valence-electron chi connectivity index (χ1n) is 6.07. The molecule has 0 aliphatic rings. The molecule has 1 heterocycles. The average molecular weight is 257 g/mol. The highest BCUT2D eigenvalue weighted by atomic mass is 16.5. The number of rotatable bonds is 6. The van der Waals surface area contributed by atoms with Crippen LogP contribution in [0, 0.1) is 0 Å². The van der Waals surface area contributed by atoms with Crippen LogP contribution in [-0.4, -0.2) is 16.1 Å². The van der Waals surface area contributed by atoms with Crippen molar-refractivity contribution in [3.05, 3.63) is 59.8 Å². The van der Waals surface area contributed by atoms with E-state index in [-0.39, 0.29) is 6.42 Å². The van der Waals surface area contributed by atoms with E-state index in [1.54, 1.807) is 12.3 Å². The third-order valence-corrected chi connectivity index (χ3v) is 2.67. The Hall–Kier alpha value is -2.36. The van der Waals surface area contributed by atoms with E-state index in [9.17, 15) is 4.79 Å². The fourth-order valence-electron chi connectivity index (χ4n) is 1.64. The summed E-state index contributed by atoms with van der Waals surface area (Å²) < 4.78 is 5.52. The third kappa shape index (κ3) is 4.43. The Morgan fingerprint density at radius 3 is 2.47 bits per heavy atom. The number of carboxylic acids is 1. The maximum absolute atomic E-state index is 10.5. The van der Waals surface area contributed by atoms with Crippen LogP contribution in [0.2, 0.25) is 0 Å². The van der Waals surface area contributed by atoms with Crippen molar-refractivity contribution in [3.63, 3.8) is 0 Å². The Bertz CT molecular complexity index is 523. The van der Waals surface area contributed by atoms with E-state index in [0.717, 1.165) is 11.1 Å². The number of hydrogen-bond acceptors (Lipinski definition) is 3. The number of aromatic nitrogens is 1. The van der Waals surface area contributed by atoms with Gasteiger partial charge in [-0.2, -0.15) is 0 Å². The summed E-state index contributed by atoms with van der Waals surface area (Å²) in [5.41, 5.74) is 2.05. The summed E-state index contributed by atoms with van der Waals surface area (Å²) in [6.45, 7) is 0.455. The predicted molar refractivity (Wildman–Crippen MR) is 71.0 cm³/mol. The molecule has 1 N–H and O–H groups in total. The number of benzene rings is 1. The molecule has 0 aliphatic heterocycles. The number of pyridine rings is 1. The molecule has 2 rings (SSSR count). The molecule has 4 nitrogen and oxygen atoms in total. The van der Waals surface area contributed by atoms with Crippen molar-refractivity contribution >= 4 is 5.97 Å². The lowest BCUT2D eigenvalue weighted by molar-refractivity contribution is -0.136. The van der Waals surface area contributed by atoms with Gasteiger partial charge in [0.05, 0.1) is 0 Å². The fourth-order valence-corrected chi connectivity index (χ4v) is 1.64. The molecule has 19 heavy (non-hydrogen) atoms. The number of aryl methyl sites for hydroxylation is 1. The van der Waals surface area contributed by atoms with Gasteiger partial charge in [0, 0.05) is 18.7 Å². The quantitative estimate of drug-likeness (QED) is 0.864. The minimum absolute atomic E-state index is 0.157. The van der Waals surface area contributed by atoms with Crippen LogP contribution in [0.5, 0.6) is 5.88 Å². The third-order valence-electron chi connectivity index (χ3n) is 2.67. The Balaban J connectivity index is 1.86. The van der Waals surface area contributed by atoms with E-state index in [4.69, 9.17) is 9.84 Å². The van der Waals surface area contributed by atoms with Crippen molar-refractivity contribution in [1.82, 2.24) is 4.98 Å². The topological polar surface area (TPSA) is 59.4 Å². The second kappa shape index (κ2) is 6.54. The normalized spacial score (nSPS) is 10.1. The number of carboxylic acid groups (broad SMARTS) is 1. The van der Waals surface area contributed by atoms with Crippen molar-refractivity contribution < 1.29 is 14.6 Å². The Labute approximate surface area is 111 Å². The van der Waals surface area contributed by atoms with Gasteiger partial charge in [-0.1, -0.05) is 30.3 Å². The maximum Gasteiger partial charge on any atom is 0.303 e. The SMILES string of the molecule is O=C(O)CCc1ccc(COc2ccccn2)cc1. The van der Waals surface area contributed by atoms with Crippen molar-refractivity contribution in [2.75, 3.05) is 0 Å². The molecule has 0 saturated heterocycles. The molecular weight excluding hydrogens is 242 g/mol. The molecule has 0 fully saturated rings. The van der Waals surface area contributed by atoms with Gasteiger partial charge in [-0.05, 0) is 23.6 Å². The molecule has 0 amide bonds. The van der Waals surface area contributed by atoms with Crippen molar-refractivity contribution in [2.45, 2.75) is 19.4 Å². The first kappa shape index (κ1) is 13.1. The molecule has 0 aliphatic carbocycles. The second-order valence-corrected chi connectivity index (χ2v) is 4.17. The number of hydrogen-bond donors (Lipinski definition) is 1. The van der Waals surface area contributed by atoms with E-state index < -0.39 is 5.97 Å². The van der Waals surface area contributed by atoms with Crippen molar-refractivity contribution in [1.29, 1.82) is 0 Å². The van der Waals surface area contributed by atoms with Crippen LogP contribution in [0.1, 0.15) is 17.5 Å². The lowest BCUT2D eigenvalue weighted by Crippen LogP contribution is -1.99. The zero-order chi connectivity index (χ0) is 13.5. The predicted octanol–water partition coefficient (Wildman–Crippen LogP) is 2.68. The highest BCUT2D eigenvalue weighted by Gasteiger charge is 2.00. The molecule has 4 heteroatoms. The number of ether oxygens (including phenoxy) is 1. The number of nitrogens with zero attached hydrogens (tertiary/aromatic N) is 1. The monoisotopic (exact) mass is 257 g/mol. The zero-order valence-electron chi connectivity index (χ0n) is 10.5. The molecule has 1 aromatic carbocycles. The van der Waals surface area contributed by atoms with Gasteiger partial charge in [0.25, 0.3) is 0 Å². The summed E-state index contributed by atoms with van der Waals surface area (Å²) in [6.07, 6.45) is 2.39. The second-order valence-electron chi connectivity index (χ2n) is 4.17. The summed E-state index contributed by atoms with van der Waals surface area (Å²) in [5, 5.41) is 8.61. The van der Waals surface area contributed by atoms with Gasteiger partial charge in [0.15, 0.2) is 0 Å². The summed E-state index contributed by atoms with van der Waals surface area (Å²) in [5.74, 6) is -0.181. The van der Waals surface area contributed by atoms with Gasteiger partial charge in [-0.3, -0.25) is 4.79 Å². The zero-order valence-corrected chi connectivity index (χ0v) is 10.5. The van der Waals surface area contributed by atoms with Crippen LogP contribution >= 0.6 is 0 Å². The smallest absolute Gasteiger partial charge is 0.303 e. The molecule has 98 valence electrons. The standard InChI is InChI=1S/C15H15NO3/c17-15(18)9-8-12-4-6-13(7-5-12)11-19-14-3-1-2-10-16-14/h1-7,10H,8-9,11H2,(H,17,18). The summed E-state index contributed by atoms with van der Waals surface area (Å²) in [4.78, 5) is 14.5. The van der Waals surface area contributed by atoms with Crippen LogP contribution in [0.25, 0.3) is 0 Å². The van der Waals surface area contributed by atoms with Gasteiger partial charge < -0.3 is 9.84 Å². The molecule has 0 spiro atoms. The maximum atomic E-state index is 10.5. The van der Waals surface area contributed by atoms with Gasteiger partial charge in [0.2, 0.25) is 5.88 Å². The van der Waals surface area contributed by atoms with Crippen LogP contribution < -0.4 is 4.74 Å². The van der Waals surface area contributed by atoms with Crippen molar-refractivity contribution in [3.8, 4) is 5.88 Å². The van der Waals surface area contributed by atoms with Gasteiger partial charge in [0.1, 0.15) is 6.61 Å². The Kier molecular flexibility index (Phi) is 4.50. The van der Waals surface area contributed by atoms with E-state index in [1.807, 2.05) is 36.4 Å². The molecule has 0 bridgehead atoms. The van der Waals surface area contributed by atoms with Gasteiger partial charge in [-0.15, -0.1) is 0 Å². The first-order valence-corrected chi connectivity index (χ1v) is 6.07. The molecule has 0 atom stereocenters. The van der Waals surface area contributed by atoms with Crippen molar-refractivity contribution in [2.24, 2.45) is 0 Å². The molecule has 0 unspecified atom stereocenters. The summed E-state index contributed by atoms with van der Waals surface area (Å²) in [6, 6.07) is 13.3. The minimum Gasteiger partial charge on any atom is -0.481 e. The largest absolute Gasteiger partial charge is 0.481 e. The molecule has 0 saturated carbocycles. The van der Waals surface area contributed by atoms with E-state index in [2.05, 4.69) is 4.98 Å². The van der Waals surface area contributed by atoms with Crippen LogP contribution in [-0.2, 0) is 17.8 Å². The van der Waals surface area contributed by atoms with Crippen LogP contribution in [0.4, 0.5) is 0 Å². The Morgan fingerprint density at radius 1 is 1.11 bits per heavy atom. The van der Waals surface area contributed by atoms with E-state index in [0.29, 0.717) is 18.9 Å². The lowest BCUT2D eigenvalue weighted by atomic mass is 10.1. The molecule has 0 radical (unpaired) electrons.